The molecule has 1 fully saturated rings. The summed E-state index contributed by atoms with van der Waals surface area (Å²) in [6, 6.07) is 7.60. The molecule has 1 saturated heterocycles. The number of rotatable bonds is 5. The number of hydrogen-bond acceptors (Lipinski definition) is 5. The van der Waals surface area contributed by atoms with Crippen LogP contribution in [-0.4, -0.2) is 42.8 Å². The largest absolute Gasteiger partial charge is 0.494 e. The lowest BCUT2D eigenvalue weighted by atomic mass is 10.2. The van der Waals surface area contributed by atoms with E-state index in [1.54, 1.807) is 4.90 Å². The molecule has 0 saturated carbocycles. The number of carbonyl (C=O) groups is 2. The van der Waals surface area contributed by atoms with Crippen molar-refractivity contribution in [1.82, 2.24) is 4.90 Å². The number of thioether (sulfide) groups is 1. The van der Waals surface area contributed by atoms with E-state index in [0.717, 1.165) is 11.3 Å². The van der Waals surface area contributed by atoms with E-state index in [1.165, 1.54) is 18.9 Å². The average molecular weight is 295 g/mol. The second kappa shape index (κ2) is 6.65. The second-order valence-corrected chi connectivity index (χ2v) is 5.34. The maximum absolute atomic E-state index is 11.9. The van der Waals surface area contributed by atoms with E-state index in [0.29, 0.717) is 12.4 Å². The smallest absolute Gasteiger partial charge is 0.325 e. The van der Waals surface area contributed by atoms with Crippen LogP contribution in [-0.2, 0) is 14.3 Å². The molecule has 1 unspecified atom stereocenters. The van der Waals surface area contributed by atoms with E-state index >= 15 is 0 Å². The second-order valence-electron chi connectivity index (χ2n) is 4.27. The maximum Gasteiger partial charge on any atom is 0.325 e. The fraction of sp³-hybridized carbons (Fsp3) is 0.429. The molecular weight excluding hydrogens is 278 g/mol. The van der Waals surface area contributed by atoms with Gasteiger partial charge in [0.15, 0.2) is 0 Å². The molecule has 0 spiro atoms. The maximum atomic E-state index is 11.9. The van der Waals surface area contributed by atoms with Crippen LogP contribution in [0.25, 0.3) is 0 Å². The Labute approximate surface area is 122 Å². The van der Waals surface area contributed by atoms with Gasteiger partial charge < -0.3 is 14.4 Å². The molecule has 1 aliphatic rings. The summed E-state index contributed by atoms with van der Waals surface area (Å²) >= 11 is 1.50. The van der Waals surface area contributed by atoms with Crippen LogP contribution in [0, 0.1) is 0 Å². The number of carbonyl (C=O) groups excluding carboxylic acids is 2. The first kappa shape index (κ1) is 14.7. The first-order valence-corrected chi connectivity index (χ1v) is 7.41. The van der Waals surface area contributed by atoms with Crippen molar-refractivity contribution >= 4 is 23.6 Å². The molecule has 0 bridgehead atoms. The minimum Gasteiger partial charge on any atom is -0.494 e. The van der Waals surface area contributed by atoms with Crippen LogP contribution < -0.4 is 4.74 Å². The van der Waals surface area contributed by atoms with Crippen LogP contribution in [0.5, 0.6) is 5.75 Å². The quantitative estimate of drug-likeness (QED) is 0.776. The third-order valence-corrected chi connectivity index (χ3v) is 4.21. The van der Waals surface area contributed by atoms with E-state index < -0.39 is 5.97 Å². The lowest BCUT2D eigenvalue weighted by molar-refractivity contribution is -0.146. The van der Waals surface area contributed by atoms with Crippen molar-refractivity contribution in [2.75, 3.05) is 26.0 Å². The number of hydrogen-bond donors (Lipinski definition) is 0. The van der Waals surface area contributed by atoms with E-state index in [4.69, 9.17) is 4.74 Å². The van der Waals surface area contributed by atoms with Gasteiger partial charge in [-0.25, -0.2) is 0 Å². The zero-order chi connectivity index (χ0) is 14.5. The third kappa shape index (κ3) is 3.25. The van der Waals surface area contributed by atoms with Crippen LogP contribution in [0.1, 0.15) is 17.9 Å². The summed E-state index contributed by atoms with van der Waals surface area (Å²) in [4.78, 5) is 24.8. The van der Waals surface area contributed by atoms with Crippen molar-refractivity contribution in [1.29, 1.82) is 0 Å². The van der Waals surface area contributed by atoms with Crippen molar-refractivity contribution in [3.63, 3.8) is 0 Å². The molecule has 2 rings (SSSR count). The van der Waals surface area contributed by atoms with Gasteiger partial charge in [0.1, 0.15) is 17.7 Å². The molecule has 1 atom stereocenters. The number of esters is 1. The molecule has 1 aromatic rings. The average Bonchev–Trinajstić information content (AvgIpc) is 2.81. The topological polar surface area (TPSA) is 55.8 Å². The summed E-state index contributed by atoms with van der Waals surface area (Å²) in [6.45, 7) is 2.49. The fourth-order valence-corrected chi connectivity index (χ4v) is 3.21. The van der Waals surface area contributed by atoms with Crippen molar-refractivity contribution in [3.05, 3.63) is 29.8 Å². The van der Waals surface area contributed by atoms with Gasteiger partial charge in [0.05, 0.1) is 19.5 Å². The van der Waals surface area contributed by atoms with Crippen LogP contribution in [0.2, 0.25) is 0 Å². The van der Waals surface area contributed by atoms with Crippen LogP contribution in [0.3, 0.4) is 0 Å². The molecule has 1 aromatic carbocycles. The number of methoxy groups -OCH3 is 1. The molecule has 6 heteroatoms. The van der Waals surface area contributed by atoms with Crippen molar-refractivity contribution in [2.45, 2.75) is 12.3 Å². The molecule has 0 radical (unpaired) electrons. The van der Waals surface area contributed by atoms with Crippen molar-refractivity contribution in [3.8, 4) is 5.75 Å². The van der Waals surface area contributed by atoms with E-state index in [1.807, 2.05) is 31.2 Å². The van der Waals surface area contributed by atoms with Gasteiger partial charge in [-0.1, -0.05) is 12.1 Å². The fourth-order valence-electron chi connectivity index (χ4n) is 2.03. The predicted molar refractivity (Wildman–Crippen MR) is 76.5 cm³/mol. The predicted octanol–water partition coefficient (Wildman–Crippen LogP) is 1.83. The van der Waals surface area contributed by atoms with Crippen LogP contribution in [0.4, 0.5) is 0 Å². The van der Waals surface area contributed by atoms with Gasteiger partial charge in [0.25, 0.3) is 0 Å². The molecule has 0 aliphatic carbocycles. The zero-order valence-electron chi connectivity index (χ0n) is 11.5. The Morgan fingerprint density at radius 1 is 1.50 bits per heavy atom. The summed E-state index contributed by atoms with van der Waals surface area (Å²) in [7, 11) is 1.32. The third-order valence-electron chi connectivity index (χ3n) is 2.95. The van der Waals surface area contributed by atoms with Gasteiger partial charge in [0, 0.05) is 0 Å². The molecule has 1 heterocycles. The molecule has 1 aliphatic heterocycles. The summed E-state index contributed by atoms with van der Waals surface area (Å²) < 4.78 is 10.1. The highest BCUT2D eigenvalue weighted by atomic mass is 32.2. The first-order valence-electron chi connectivity index (χ1n) is 6.36. The SMILES string of the molecule is CCOc1cccc(C2SCC(=O)N2CC(=O)OC)c1. The van der Waals surface area contributed by atoms with E-state index in [2.05, 4.69) is 4.74 Å². The highest BCUT2D eigenvalue weighted by Gasteiger charge is 2.34. The van der Waals surface area contributed by atoms with Crippen LogP contribution >= 0.6 is 11.8 Å². The summed E-state index contributed by atoms with van der Waals surface area (Å²) in [6.07, 6.45) is 0. The molecule has 5 nitrogen and oxygen atoms in total. The molecule has 1 amide bonds. The van der Waals surface area contributed by atoms with Gasteiger partial charge in [-0.2, -0.15) is 0 Å². The summed E-state index contributed by atoms with van der Waals surface area (Å²) in [5, 5.41) is -0.165. The molecular formula is C14H17NO4S. The van der Waals surface area contributed by atoms with Gasteiger partial charge in [-0.15, -0.1) is 11.8 Å². The Morgan fingerprint density at radius 2 is 2.30 bits per heavy atom. The normalized spacial score (nSPS) is 18.2. The molecule has 0 aromatic heterocycles. The van der Waals surface area contributed by atoms with Gasteiger partial charge >= 0.3 is 5.97 Å². The standard InChI is InChI=1S/C14H17NO4S/c1-3-19-11-6-4-5-10(7-11)14-15(8-13(17)18-2)12(16)9-20-14/h4-7,14H,3,8-9H2,1-2H3. The van der Waals surface area contributed by atoms with E-state index in [9.17, 15) is 9.59 Å². The van der Waals surface area contributed by atoms with Gasteiger partial charge in [0.2, 0.25) is 5.91 Å². The van der Waals surface area contributed by atoms with Crippen molar-refractivity contribution in [2.24, 2.45) is 0 Å². The Kier molecular flexibility index (Phi) is 4.89. The summed E-state index contributed by atoms with van der Waals surface area (Å²) in [5.74, 6) is 0.683. The Morgan fingerprint density at radius 3 is 3.00 bits per heavy atom. The Hall–Kier alpha value is -1.69. The minimum atomic E-state index is -0.410. The number of nitrogens with zero attached hydrogens (tertiary/aromatic N) is 1. The zero-order valence-corrected chi connectivity index (χ0v) is 12.3. The first-order chi connectivity index (χ1) is 9.65. The lowest BCUT2D eigenvalue weighted by Crippen LogP contribution is -2.34. The molecule has 20 heavy (non-hydrogen) atoms. The monoisotopic (exact) mass is 295 g/mol. The van der Waals surface area contributed by atoms with Crippen LogP contribution in [0.15, 0.2) is 24.3 Å². The van der Waals surface area contributed by atoms with Gasteiger partial charge in [-0.3, -0.25) is 9.59 Å². The summed E-state index contributed by atoms with van der Waals surface area (Å²) in [5.41, 5.74) is 0.954. The molecule has 0 N–H and O–H groups in total. The Balaban J connectivity index is 2.19. The van der Waals surface area contributed by atoms with Gasteiger partial charge in [-0.05, 0) is 24.6 Å². The highest BCUT2D eigenvalue weighted by molar-refractivity contribution is 8.00. The Bertz CT molecular complexity index is 506. The highest BCUT2D eigenvalue weighted by Crippen LogP contribution is 2.39. The molecule has 108 valence electrons. The number of ether oxygens (including phenoxy) is 2. The lowest BCUT2D eigenvalue weighted by Gasteiger charge is -2.23. The number of benzene rings is 1. The number of amides is 1. The minimum absolute atomic E-state index is 0.0220. The van der Waals surface area contributed by atoms with Crippen molar-refractivity contribution < 1.29 is 19.1 Å². The van der Waals surface area contributed by atoms with E-state index in [-0.39, 0.29) is 17.8 Å².